The maximum atomic E-state index is 3.58. The lowest BCUT2D eigenvalue weighted by Gasteiger charge is -2.27. The quantitative estimate of drug-likeness (QED) is 0.841. The van der Waals surface area contributed by atoms with Gasteiger partial charge < -0.3 is 5.32 Å². The molecule has 2 nitrogen and oxygen atoms in total. The lowest BCUT2D eigenvalue weighted by atomic mass is 10.1. The predicted molar refractivity (Wildman–Crippen MR) is 90.9 cm³/mol. The number of fused-ring (bicyclic) bond motifs is 2. The minimum Gasteiger partial charge on any atom is -0.315 e. The molecule has 0 aliphatic carbocycles. The van der Waals surface area contributed by atoms with E-state index in [9.17, 15) is 0 Å². The first-order chi connectivity index (χ1) is 9.43. The standard InChI is InChI=1S/C16H24N2S.ClH/c1-2-4-14(5-3-1)13-19-11-10-18-15-6-7-16(18)12-17-9-8-15;/h1-5,15-17H,6-13H2;1H. The maximum absolute atomic E-state index is 3.58. The molecule has 2 fully saturated rings. The highest BCUT2D eigenvalue weighted by Gasteiger charge is 2.33. The average Bonchev–Trinajstić information content (AvgIpc) is 2.69. The van der Waals surface area contributed by atoms with Crippen LogP contribution in [0.3, 0.4) is 0 Å². The minimum absolute atomic E-state index is 0. The van der Waals surface area contributed by atoms with Gasteiger partial charge in [0.05, 0.1) is 0 Å². The van der Waals surface area contributed by atoms with Gasteiger partial charge in [-0.2, -0.15) is 11.8 Å². The van der Waals surface area contributed by atoms with E-state index >= 15 is 0 Å². The van der Waals surface area contributed by atoms with Gasteiger partial charge in [-0.15, -0.1) is 12.4 Å². The summed E-state index contributed by atoms with van der Waals surface area (Å²) in [6.07, 6.45) is 4.18. The van der Waals surface area contributed by atoms with Gasteiger partial charge in [0, 0.05) is 36.7 Å². The van der Waals surface area contributed by atoms with Crippen LogP contribution >= 0.6 is 24.2 Å². The molecule has 2 aliphatic heterocycles. The summed E-state index contributed by atoms with van der Waals surface area (Å²) in [5.74, 6) is 2.42. The van der Waals surface area contributed by atoms with E-state index in [-0.39, 0.29) is 12.4 Å². The van der Waals surface area contributed by atoms with Gasteiger partial charge in [-0.05, 0) is 31.4 Å². The summed E-state index contributed by atoms with van der Waals surface area (Å²) < 4.78 is 0. The van der Waals surface area contributed by atoms with Gasteiger partial charge in [0.25, 0.3) is 0 Å². The fourth-order valence-electron chi connectivity index (χ4n) is 3.38. The van der Waals surface area contributed by atoms with E-state index in [1.54, 1.807) is 0 Å². The molecule has 20 heavy (non-hydrogen) atoms. The number of rotatable bonds is 5. The normalized spacial score (nSPS) is 26.0. The van der Waals surface area contributed by atoms with Crippen LogP contribution < -0.4 is 5.32 Å². The van der Waals surface area contributed by atoms with Crippen molar-refractivity contribution in [2.24, 2.45) is 0 Å². The first kappa shape index (κ1) is 16.2. The Kier molecular flexibility index (Phi) is 6.69. The molecule has 0 aromatic heterocycles. The predicted octanol–water partition coefficient (Wildman–Crippen LogP) is 3.17. The van der Waals surface area contributed by atoms with E-state index in [2.05, 4.69) is 52.3 Å². The van der Waals surface area contributed by atoms with Gasteiger partial charge in [0.15, 0.2) is 0 Å². The zero-order valence-corrected chi connectivity index (χ0v) is 13.6. The van der Waals surface area contributed by atoms with Crippen molar-refractivity contribution in [1.82, 2.24) is 10.2 Å². The van der Waals surface area contributed by atoms with Crippen molar-refractivity contribution in [2.75, 3.05) is 25.4 Å². The number of benzene rings is 1. The van der Waals surface area contributed by atoms with E-state index in [0.717, 1.165) is 17.8 Å². The van der Waals surface area contributed by atoms with Crippen LogP contribution in [0.4, 0.5) is 0 Å². The van der Waals surface area contributed by atoms with E-state index in [4.69, 9.17) is 0 Å². The zero-order chi connectivity index (χ0) is 12.9. The third-order valence-corrected chi connectivity index (χ3v) is 5.42. The van der Waals surface area contributed by atoms with Gasteiger partial charge in [-0.25, -0.2) is 0 Å². The Morgan fingerprint density at radius 3 is 2.75 bits per heavy atom. The van der Waals surface area contributed by atoms with Crippen molar-refractivity contribution >= 4 is 24.2 Å². The van der Waals surface area contributed by atoms with E-state index in [1.165, 1.54) is 50.2 Å². The summed E-state index contributed by atoms with van der Waals surface area (Å²) >= 11 is 2.08. The van der Waals surface area contributed by atoms with Crippen molar-refractivity contribution in [2.45, 2.75) is 37.1 Å². The summed E-state index contributed by atoms with van der Waals surface area (Å²) in [6, 6.07) is 12.5. The first-order valence-electron chi connectivity index (χ1n) is 7.51. The summed E-state index contributed by atoms with van der Waals surface area (Å²) in [4.78, 5) is 2.78. The number of hydrogen-bond acceptors (Lipinski definition) is 3. The Bertz CT molecular complexity index is 373. The Hall–Kier alpha value is -0.220. The second kappa shape index (κ2) is 8.28. The highest BCUT2D eigenvalue weighted by Crippen LogP contribution is 2.28. The molecule has 112 valence electrons. The molecule has 0 saturated carbocycles. The smallest absolute Gasteiger partial charge is 0.0224 e. The largest absolute Gasteiger partial charge is 0.315 e. The Morgan fingerprint density at radius 2 is 1.90 bits per heavy atom. The van der Waals surface area contributed by atoms with Crippen LogP contribution in [0.2, 0.25) is 0 Å². The molecule has 2 unspecified atom stereocenters. The molecule has 2 bridgehead atoms. The summed E-state index contributed by atoms with van der Waals surface area (Å²) in [5.41, 5.74) is 1.45. The van der Waals surface area contributed by atoms with E-state index < -0.39 is 0 Å². The molecule has 0 spiro atoms. The van der Waals surface area contributed by atoms with Crippen molar-refractivity contribution in [3.05, 3.63) is 35.9 Å². The van der Waals surface area contributed by atoms with Crippen molar-refractivity contribution in [3.63, 3.8) is 0 Å². The Morgan fingerprint density at radius 1 is 1.10 bits per heavy atom. The Balaban J connectivity index is 0.00000147. The van der Waals surface area contributed by atoms with Crippen LogP contribution in [0.5, 0.6) is 0 Å². The van der Waals surface area contributed by atoms with Crippen LogP contribution in [0.15, 0.2) is 30.3 Å². The number of nitrogens with one attached hydrogen (secondary N) is 1. The number of nitrogens with zero attached hydrogens (tertiary/aromatic N) is 1. The first-order valence-corrected chi connectivity index (χ1v) is 8.67. The maximum Gasteiger partial charge on any atom is 0.0224 e. The molecule has 0 radical (unpaired) electrons. The monoisotopic (exact) mass is 312 g/mol. The summed E-state index contributed by atoms with van der Waals surface area (Å²) in [7, 11) is 0. The average molecular weight is 313 g/mol. The highest BCUT2D eigenvalue weighted by molar-refractivity contribution is 7.98. The summed E-state index contributed by atoms with van der Waals surface area (Å²) in [5, 5.41) is 3.58. The third kappa shape index (κ3) is 4.14. The molecule has 2 saturated heterocycles. The number of thioether (sulfide) groups is 1. The van der Waals surface area contributed by atoms with Crippen molar-refractivity contribution in [1.29, 1.82) is 0 Å². The van der Waals surface area contributed by atoms with Crippen molar-refractivity contribution < 1.29 is 0 Å². The van der Waals surface area contributed by atoms with Gasteiger partial charge in [-0.1, -0.05) is 30.3 Å². The molecular formula is C16H25ClN2S. The molecule has 0 amide bonds. The summed E-state index contributed by atoms with van der Waals surface area (Å²) in [6.45, 7) is 3.70. The lowest BCUT2D eigenvalue weighted by Crippen LogP contribution is -2.39. The lowest BCUT2D eigenvalue weighted by molar-refractivity contribution is 0.216. The third-order valence-electron chi connectivity index (χ3n) is 4.41. The Labute approximate surface area is 133 Å². The van der Waals surface area contributed by atoms with Gasteiger partial charge in [0.2, 0.25) is 0 Å². The van der Waals surface area contributed by atoms with E-state index in [1.807, 2.05) is 0 Å². The van der Waals surface area contributed by atoms with Gasteiger partial charge >= 0.3 is 0 Å². The molecule has 2 aliphatic rings. The van der Waals surface area contributed by atoms with Crippen LogP contribution in [-0.4, -0.2) is 42.4 Å². The van der Waals surface area contributed by atoms with Crippen molar-refractivity contribution in [3.8, 4) is 0 Å². The zero-order valence-electron chi connectivity index (χ0n) is 12.0. The molecule has 2 heterocycles. The van der Waals surface area contributed by atoms with Crippen LogP contribution in [0.1, 0.15) is 24.8 Å². The second-order valence-electron chi connectivity index (χ2n) is 5.65. The number of hydrogen-bond donors (Lipinski definition) is 1. The van der Waals surface area contributed by atoms with Crippen LogP contribution in [-0.2, 0) is 5.75 Å². The van der Waals surface area contributed by atoms with Crippen LogP contribution in [0.25, 0.3) is 0 Å². The molecule has 1 aromatic rings. The molecule has 1 N–H and O–H groups in total. The molecule has 3 rings (SSSR count). The van der Waals surface area contributed by atoms with Gasteiger partial charge in [0.1, 0.15) is 0 Å². The fourth-order valence-corrected chi connectivity index (χ4v) is 4.29. The van der Waals surface area contributed by atoms with Crippen LogP contribution in [0, 0.1) is 0 Å². The molecule has 2 atom stereocenters. The minimum atomic E-state index is 0. The molecular weight excluding hydrogens is 288 g/mol. The SMILES string of the molecule is Cl.c1ccc(CSCCN2C3CCNCC2CC3)cc1. The second-order valence-corrected chi connectivity index (χ2v) is 6.76. The topological polar surface area (TPSA) is 15.3 Å². The highest BCUT2D eigenvalue weighted by atomic mass is 35.5. The van der Waals surface area contributed by atoms with E-state index in [0.29, 0.717) is 0 Å². The number of halogens is 1. The fraction of sp³-hybridized carbons (Fsp3) is 0.625. The van der Waals surface area contributed by atoms with Gasteiger partial charge in [-0.3, -0.25) is 4.90 Å². The molecule has 4 heteroatoms. The molecule has 1 aromatic carbocycles.